The minimum atomic E-state index is -0.401. The fraction of sp³-hybridized carbons (Fsp3) is 0.200. The lowest BCUT2D eigenvalue weighted by atomic mass is 9.97. The summed E-state index contributed by atoms with van der Waals surface area (Å²) < 4.78 is 15.9. The second-order valence-corrected chi connectivity index (χ2v) is 6.32. The molecule has 1 amide bonds. The number of amides is 1. The molecule has 4 rings (SSSR count). The van der Waals surface area contributed by atoms with E-state index in [1.165, 1.54) is 23.5 Å². The Kier molecular flexibility index (Phi) is 4.06. The number of carbonyl (C=O) groups excluding carboxylic acids is 1. The minimum Gasteiger partial charge on any atom is -0.326 e. The standard InChI is InChI=1S/C20H18FN3O/c21-18-12-16(7-8-19(18)24-10-9-22-13-24)23-20(25)11-15-6-5-14-3-1-2-4-17(14)15/h1-4,7-10,12-13,15H,5-6,11H2,(H,23,25). The summed E-state index contributed by atoms with van der Waals surface area (Å²) >= 11 is 0. The number of benzene rings is 2. The molecule has 0 aliphatic heterocycles. The highest BCUT2D eigenvalue weighted by Gasteiger charge is 2.24. The number of halogens is 1. The van der Waals surface area contributed by atoms with Crippen molar-refractivity contribution in [3.8, 4) is 5.69 Å². The van der Waals surface area contributed by atoms with Crippen molar-refractivity contribution in [3.63, 3.8) is 0 Å². The van der Waals surface area contributed by atoms with E-state index in [2.05, 4.69) is 22.4 Å². The number of nitrogens with one attached hydrogen (secondary N) is 1. The molecule has 5 heteroatoms. The first-order valence-electron chi connectivity index (χ1n) is 8.36. The predicted molar refractivity (Wildman–Crippen MR) is 94.3 cm³/mol. The number of rotatable bonds is 4. The molecule has 0 radical (unpaired) electrons. The van der Waals surface area contributed by atoms with Crippen LogP contribution in [0.15, 0.2) is 61.2 Å². The maximum absolute atomic E-state index is 14.3. The molecule has 0 saturated carbocycles. The second kappa shape index (κ2) is 6.51. The van der Waals surface area contributed by atoms with E-state index in [0.29, 0.717) is 17.8 Å². The average molecular weight is 335 g/mol. The molecule has 1 aliphatic rings. The number of hydrogen-bond acceptors (Lipinski definition) is 2. The van der Waals surface area contributed by atoms with Gasteiger partial charge in [-0.05, 0) is 48.1 Å². The van der Waals surface area contributed by atoms with Crippen LogP contribution in [-0.2, 0) is 11.2 Å². The van der Waals surface area contributed by atoms with Crippen molar-refractivity contribution in [2.75, 3.05) is 5.32 Å². The summed E-state index contributed by atoms with van der Waals surface area (Å²) in [4.78, 5) is 16.3. The van der Waals surface area contributed by atoms with Crippen molar-refractivity contribution in [1.82, 2.24) is 9.55 Å². The molecule has 1 atom stereocenters. The van der Waals surface area contributed by atoms with Gasteiger partial charge in [0.05, 0.1) is 12.0 Å². The molecule has 2 aromatic carbocycles. The number of aromatic nitrogens is 2. The van der Waals surface area contributed by atoms with E-state index in [-0.39, 0.29) is 11.8 Å². The molecular weight excluding hydrogens is 317 g/mol. The fourth-order valence-corrected chi connectivity index (χ4v) is 3.49. The number of aryl methyl sites for hydroxylation is 1. The Bertz CT molecular complexity index is 905. The van der Waals surface area contributed by atoms with Crippen LogP contribution in [0.1, 0.15) is 29.9 Å². The largest absolute Gasteiger partial charge is 0.326 e. The summed E-state index contributed by atoms with van der Waals surface area (Å²) in [5.74, 6) is -0.246. The maximum Gasteiger partial charge on any atom is 0.224 e. The van der Waals surface area contributed by atoms with Gasteiger partial charge >= 0.3 is 0 Å². The van der Waals surface area contributed by atoms with Crippen molar-refractivity contribution in [2.24, 2.45) is 0 Å². The van der Waals surface area contributed by atoms with E-state index in [1.807, 2.05) is 12.1 Å². The molecule has 1 aromatic heterocycles. The Hall–Kier alpha value is -2.95. The fourth-order valence-electron chi connectivity index (χ4n) is 3.49. The van der Waals surface area contributed by atoms with Crippen LogP contribution >= 0.6 is 0 Å². The molecule has 3 aromatic rings. The topological polar surface area (TPSA) is 46.9 Å². The summed E-state index contributed by atoms with van der Waals surface area (Å²) in [6.07, 6.45) is 7.22. The van der Waals surface area contributed by atoms with E-state index >= 15 is 0 Å². The van der Waals surface area contributed by atoms with Crippen LogP contribution in [0.2, 0.25) is 0 Å². The van der Waals surface area contributed by atoms with Crippen LogP contribution in [0.25, 0.3) is 5.69 Å². The Labute approximate surface area is 145 Å². The average Bonchev–Trinajstić information content (AvgIpc) is 3.26. The van der Waals surface area contributed by atoms with Gasteiger partial charge < -0.3 is 9.88 Å². The Balaban J connectivity index is 1.44. The summed E-state index contributed by atoms with van der Waals surface area (Å²) in [6.45, 7) is 0. The first-order chi connectivity index (χ1) is 12.2. The zero-order chi connectivity index (χ0) is 17.2. The van der Waals surface area contributed by atoms with Gasteiger partial charge in [-0.1, -0.05) is 24.3 Å². The lowest BCUT2D eigenvalue weighted by molar-refractivity contribution is -0.116. The van der Waals surface area contributed by atoms with E-state index in [0.717, 1.165) is 12.8 Å². The van der Waals surface area contributed by atoms with Gasteiger partial charge in [0.2, 0.25) is 5.91 Å². The molecule has 126 valence electrons. The van der Waals surface area contributed by atoms with Crippen LogP contribution in [0.3, 0.4) is 0 Å². The van der Waals surface area contributed by atoms with E-state index in [4.69, 9.17) is 0 Å². The van der Waals surface area contributed by atoms with E-state index in [1.54, 1.807) is 29.1 Å². The van der Waals surface area contributed by atoms with Crippen LogP contribution in [0, 0.1) is 5.82 Å². The van der Waals surface area contributed by atoms with Gasteiger partial charge in [-0.25, -0.2) is 9.37 Å². The van der Waals surface area contributed by atoms with Crippen LogP contribution in [0.5, 0.6) is 0 Å². The highest BCUT2D eigenvalue weighted by atomic mass is 19.1. The molecular formula is C20H18FN3O. The molecule has 0 saturated heterocycles. The number of anilines is 1. The van der Waals surface area contributed by atoms with Crippen molar-refractivity contribution in [2.45, 2.75) is 25.2 Å². The Morgan fingerprint density at radius 2 is 2.16 bits per heavy atom. The Morgan fingerprint density at radius 3 is 2.96 bits per heavy atom. The molecule has 1 aliphatic carbocycles. The van der Waals surface area contributed by atoms with Gasteiger partial charge in [0.15, 0.2) is 0 Å². The predicted octanol–water partition coefficient (Wildman–Crippen LogP) is 4.07. The first-order valence-corrected chi connectivity index (χ1v) is 8.36. The third-order valence-electron chi connectivity index (χ3n) is 4.70. The van der Waals surface area contributed by atoms with E-state index < -0.39 is 5.82 Å². The summed E-state index contributed by atoms with van der Waals surface area (Å²) in [5, 5.41) is 2.81. The SMILES string of the molecule is O=C(CC1CCc2ccccc21)Nc1ccc(-n2ccnc2)c(F)c1. The number of hydrogen-bond donors (Lipinski definition) is 1. The quantitative estimate of drug-likeness (QED) is 0.781. The van der Waals surface area contributed by atoms with Crippen molar-refractivity contribution in [3.05, 3.63) is 78.1 Å². The molecule has 1 heterocycles. The highest BCUT2D eigenvalue weighted by molar-refractivity contribution is 5.91. The monoisotopic (exact) mass is 335 g/mol. The summed E-state index contributed by atoms with van der Waals surface area (Å²) in [7, 11) is 0. The van der Waals surface area contributed by atoms with Gasteiger partial charge in [-0.3, -0.25) is 4.79 Å². The Morgan fingerprint density at radius 1 is 1.28 bits per heavy atom. The number of imidazole rings is 1. The van der Waals surface area contributed by atoms with Crippen molar-refractivity contribution in [1.29, 1.82) is 0 Å². The first kappa shape index (κ1) is 15.6. The minimum absolute atomic E-state index is 0.0866. The molecule has 0 bridgehead atoms. The van der Waals surface area contributed by atoms with Crippen molar-refractivity contribution >= 4 is 11.6 Å². The molecule has 1 unspecified atom stereocenters. The van der Waals surface area contributed by atoms with Crippen LogP contribution < -0.4 is 5.32 Å². The lowest BCUT2D eigenvalue weighted by Gasteiger charge is -2.12. The number of carbonyl (C=O) groups is 1. The van der Waals surface area contributed by atoms with Gasteiger partial charge in [0, 0.05) is 24.5 Å². The van der Waals surface area contributed by atoms with Gasteiger partial charge in [0.25, 0.3) is 0 Å². The number of fused-ring (bicyclic) bond motifs is 1. The zero-order valence-corrected chi connectivity index (χ0v) is 13.7. The van der Waals surface area contributed by atoms with Crippen molar-refractivity contribution < 1.29 is 9.18 Å². The lowest BCUT2D eigenvalue weighted by Crippen LogP contribution is -2.15. The van der Waals surface area contributed by atoms with E-state index in [9.17, 15) is 9.18 Å². The summed E-state index contributed by atoms with van der Waals surface area (Å²) in [5.41, 5.74) is 3.47. The third-order valence-corrected chi connectivity index (χ3v) is 4.70. The normalized spacial score (nSPS) is 15.8. The molecule has 4 nitrogen and oxygen atoms in total. The molecule has 0 spiro atoms. The van der Waals surface area contributed by atoms with Crippen LogP contribution in [-0.4, -0.2) is 15.5 Å². The van der Waals surface area contributed by atoms with Gasteiger partial charge in [-0.2, -0.15) is 0 Å². The number of nitrogens with zero attached hydrogens (tertiary/aromatic N) is 2. The third kappa shape index (κ3) is 3.18. The maximum atomic E-state index is 14.3. The molecule has 1 N–H and O–H groups in total. The van der Waals surface area contributed by atoms with Gasteiger partial charge in [-0.15, -0.1) is 0 Å². The van der Waals surface area contributed by atoms with Gasteiger partial charge in [0.1, 0.15) is 5.82 Å². The summed E-state index contributed by atoms with van der Waals surface area (Å²) in [6, 6.07) is 13.0. The molecule has 25 heavy (non-hydrogen) atoms. The smallest absolute Gasteiger partial charge is 0.224 e. The zero-order valence-electron chi connectivity index (χ0n) is 13.7. The molecule has 0 fully saturated rings. The second-order valence-electron chi connectivity index (χ2n) is 6.32. The van der Waals surface area contributed by atoms with Crippen LogP contribution in [0.4, 0.5) is 10.1 Å². The highest BCUT2D eigenvalue weighted by Crippen LogP contribution is 2.35.